The molecule has 2 heterocycles. The van der Waals surface area contributed by atoms with E-state index in [9.17, 15) is 14.0 Å². The Balaban J connectivity index is 1.11. The van der Waals surface area contributed by atoms with Gasteiger partial charge in [-0.1, -0.05) is 23.9 Å². The number of rotatable bonds is 8. The van der Waals surface area contributed by atoms with Crippen LogP contribution in [0.15, 0.2) is 76.5 Å². The van der Waals surface area contributed by atoms with E-state index in [1.807, 2.05) is 54.6 Å². The highest BCUT2D eigenvalue weighted by molar-refractivity contribution is 8.04. The van der Waals surface area contributed by atoms with Crippen molar-refractivity contribution in [2.45, 2.75) is 11.3 Å². The summed E-state index contributed by atoms with van der Waals surface area (Å²) in [5.74, 6) is 0.257. The molecule has 0 bridgehead atoms. The van der Waals surface area contributed by atoms with Crippen LogP contribution in [0.4, 0.5) is 15.8 Å². The molecular formula is C31H33FN4O3S. The number of likely N-dealkylation sites (N-methyl/N-ethyl adjacent to an activating group) is 1. The number of fused-ring (bicyclic) bond motifs is 1. The van der Waals surface area contributed by atoms with Crippen molar-refractivity contribution >= 4 is 41.0 Å². The first-order valence-electron chi connectivity index (χ1n) is 13.4. The molecule has 0 unspecified atom stereocenters. The van der Waals surface area contributed by atoms with E-state index < -0.39 is 0 Å². The minimum atomic E-state index is -0.217. The summed E-state index contributed by atoms with van der Waals surface area (Å²) in [6.07, 6.45) is 2.71. The Bertz CT molecular complexity index is 1400. The van der Waals surface area contributed by atoms with Crippen LogP contribution in [-0.4, -0.2) is 70.1 Å². The van der Waals surface area contributed by atoms with E-state index in [4.69, 9.17) is 4.74 Å². The number of benzene rings is 3. The van der Waals surface area contributed by atoms with E-state index in [0.717, 1.165) is 66.7 Å². The Labute approximate surface area is 238 Å². The summed E-state index contributed by atoms with van der Waals surface area (Å²) < 4.78 is 18.5. The molecule has 0 aromatic heterocycles. The lowest BCUT2D eigenvalue weighted by Gasteiger charge is -2.36. The Kier molecular flexibility index (Phi) is 8.72. The van der Waals surface area contributed by atoms with Gasteiger partial charge in [0, 0.05) is 55.9 Å². The first-order chi connectivity index (χ1) is 19.4. The van der Waals surface area contributed by atoms with Crippen molar-refractivity contribution in [2.75, 3.05) is 63.2 Å². The second-order valence-corrected chi connectivity index (χ2v) is 10.9. The lowest BCUT2D eigenvalue weighted by atomic mass is 10.1. The summed E-state index contributed by atoms with van der Waals surface area (Å²) in [6, 6.07) is 19.7. The van der Waals surface area contributed by atoms with Gasteiger partial charge in [-0.05, 0) is 79.2 Å². The van der Waals surface area contributed by atoms with Gasteiger partial charge in [-0.2, -0.15) is 0 Å². The summed E-state index contributed by atoms with van der Waals surface area (Å²) in [6.45, 7) is 5.13. The molecule has 1 fully saturated rings. The number of halogens is 1. The molecule has 2 amide bonds. The number of anilines is 2. The van der Waals surface area contributed by atoms with Gasteiger partial charge in [0.15, 0.2) is 0 Å². The highest BCUT2D eigenvalue weighted by Gasteiger charge is 2.27. The molecule has 5 rings (SSSR count). The Hall–Kier alpha value is -3.82. The lowest BCUT2D eigenvalue weighted by Crippen LogP contribution is -2.47. The fourth-order valence-electron chi connectivity index (χ4n) is 4.91. The molecule has 7 nitrogen and oxygen atoms in total. The van der Waals surface area contributed by atoms with Crippen LogP contribution in [0, 0.1) is 5.82 Å². The molecule has 3 aromatic rings. The van der Waals surface area contributed by atoms with Gasteiger partial charge in [-0.25, -0.2) is 4.39 Å². The Morgan fingerprint density at radius 2 is 1.82 bits per heavy atom. The van der Waals surface area contributed by atoms with E-state index >= 15 is 0 Å². The van der Waals surface area contributed by atoms with E-state index in [-0.39, 0.29) is 17.6 Å². The number of methoxy groups -OCH3 is 1. The van der Waals surface area contributed by atoms with Gasteiger partial charge in [0.25, 0.3) is 11.8 Å². The van der Waals surface area contributed by atoms with Crippen molar-refractivity contribution in [1.82, 2.24) is 10.2 Å². The Morgan fingerprint density at radius 1 is 1.05 bits per heavy atom. The summed E-state index contributed by atoms with van der Waals surface area (Å²) in [5.41, 5.74) is 3.20. The first kappa shape index (κ1) is 27.7. The number of thioether (sulfide) groups is 1. The number of hydrogen-bond acceptors (Lipinski definition) is 6. The second kappa shape index (κ2) is 12.6. The van der Waals surface area contributed by atoms with E-state index in [2.05, 4.69) is 15.1 Å². The van der Waals surface area contributed by atoms with E-state index in [1.165, 1.54) is 23.9 Å². The van der Waals surface area contributed by atoms with E-state index in [0.29, 0.717) is 17.0 Å². The number of nitrogens with one attached hydrogen (secondary N) is 1. The minimum absolute atomic E-state index is 0.114. The number of carbonyl (C=O) groups excluding carboxylic acids is 2. The summed E-state index contributed by atoms with van der Waals surface area (Å²) in [5, 5.41) is 3.02. The summed E-state index contributed by atoms with van der Waals surface area (Å²) >= 11 is 1.41. The zero-order chi connectivity index (χ0) is 28.1. The zero-order valence-electron chi connectivity index (χ0n) is 22.7. The van der Waals surface area contributed by atoms with E-state index in [1.54, 1.807) is 25.1 Å². The number of amides is 2. The third kappa shape index (κ3) is 6.48. The van der Waals surface area contributed by atoms with Crippen LogP contribution in [0.3, 0.4) is 0 Å². The van der Waals surface area contributed by atoms with Gasteiger partial charge in [0.1, 0.15) is 11.6 Å². The average Bonchev–Trinajstić information content (AvgIpc) is 2.98. The minimum Gasteiger partial charge on any atom is -0.497 e. The van der Waals surface area contributed by atoms with Crippen molar-refractivity contribution in [2.24, 2.45) is 0 Å². The largest absolute Gasteiger partial charge is 0.497 e. The molecule has 208 valence electrons. The van der Waals surface area contributed by atoms with Crippen molar-refractivity contribution in [3.63, 3.8) is 0 Å². The maximum Gasteiger partial charge on any atom is 0.264 e. The van der Waals surface area contributed by atoms with Gasteiger partial charge in [0.2, 0.25) is 0 Å². The van der Waals surface area contributed by atoms with Crippen LogP contribution in [0.2, 0.25) is 0 Å². The molecule has 1 N–H and O–H groups in total. The van der Waals surface area contributed by atoms with Gasteiger partial charge < -0.3 is 19.9 Å². The van der Waals surface area contributed by atoms with Crippen LogP contribution >= 0.6 is 11.8 Å². The maximum atomic E-state index is 13.2. The van der Waals surface area contributed by atoms with Crippen molar-refractivity contribution in [1.29, 1.82) is 0 Å². The Morgan fingerprint density at radius 3 is 2.58 bits per heavy atom. The smallest absolute Gasteiger partial charge is 0.264 e. The predicted molar refractivity (Wildman–Crippen MR) is 159 cm³/mol. The van der Waals surface area contributed by atoms with Crippen LogP contribution in [0.5, 0.6) is 5.75 Å². The van der Waals surface area contributed by atoms with Crippen molar-refractivity contribution in [3.05, 3.63) is 88.6 Å². The van der Waals surface area contributed by atoms with Crippen molar-refractivity contribution < 1.29 is 18.7 Å². The topological polar surface area (TPSA) is 65.1 Å². The molecule has 0 aliphatic carbocycles. The molecular weight excluding hydrogens is 527 g/mol. The molecule has 0 radical (unpaired) electrons. The third-order valence-corrected chi connectivity index (χ3v) is 8.29. The summed E-state index contributed by atoms with van der Waals surface area (Å²) in [7, 11) is 3.35. The van der Waals surface area contributed by atoms with Gasteiger partial charge in [-0.15, -0.1) is 0 Å². The van der Waals surface area contributed by atoms with Crippen LogP contribution in [0.1, 0.15) is 22.3 Å². The summed E-state index contributed by atoms with van der Waals surface area (Å²) in [4.78, 5) is 33.7. The molecule has 9 heteroatoms. The molecule has 2 aliphatic heterocycles. The monoisotopic (exact) mass is 560 g/mol. The highest BCUT2D eigenvalue weighted by atomic mass is 32.2. The van der Waals surface area contributed by atoms with Gasteiger partial charge in [-0.3, -0.25) is 14.5 Å². The number of hydrogen-bond donors (Lipinski definition) is 1. The average molecular weight is 561 g/mol. The van der Waals surface area contributed by atoms with Crippen molar-refractivity contribution in [3.8, 4) is 5.75 Å². The standard InChI is InChI=1S/C31H33FN4O3S/c1-34-27-21-23(7-12-28(27)40-29(31(34)38)20-22-5-3-6-26(19-22)39-2)30(37)33-13-4-14-35-15-17-36(18-16-35)25-10-8-24(32)9-11-25/h3,5-12,19-21H,4,13-18H2,1-2H3,(H,33,37)/b29-20-. The number of nitrogens with zero attached hydrogens (tertiary/aromatic N) is 3. The second-order valence-electron chi connectivity index (χ2n) is 9.85. The predicted octanol–water partition coefficient (Wildman–Crippen LogP) is 4.89. The first-order valence-corrected chi connectivity index (χ1v) is 14.2. The van der Waals surface area contributed by atoms with Crippen LogP contribution < -0.4 is 19.9 Å². The van der Waals surface area contributed by atoms with Gasteiger partial charge >= 0.3 is 0 Å². The molecule has 3 aromatic carbocycles. The quantitative estimate of drug-likeness (QED) is 0.313. The molecule has 2 aliphatic rings. The molecule has 40 heavy (non-hydrogen) atoms. The van der Waals surface area contributed by atoms with Crippen LogP contribution in [-0.2, 0) is 4.79 Å². The number of carbonyl (C=O) groups is 2. The highest BCUT2D eigenvalue weighted by Crippen LogP contribution is 2.42. The number of piperazine rings is 1. The molecule has 0 spiro atoms. The van der Waals surface area contributed by atoms with Gasteiger partial charge in [0.05, 0.1) is 17.7 Å². The number of ether oxygens (including phenoxy) is 1. The molecule has 1 saturated heterocycles. The third-order valence-electron chi connectivity index (χ3n) is 7.21. The SMILES string of the molecule is COc1cccc(/C=C2\Sc3ccc(C(=O)NCCCN4CCN(c5ccc(F)cc5)CC4)cc3N(C)C2=O)c1. The molecule has 0 saturated carbocycles. The molecule has 0 atom stereocenters. The maximum absolute atomic E-state index is 13.2. The normalized spacial score (nSPS) is 16.7. The fraction of sp³-hybridized carbons (Fsp3) is 0.290. The lowest BCUT2D eigenvalue weighted by molar-refractivity contribution is -0.114. The fourth-order valence-corrected chi connectivity index (χ4v) is 6.00. The zero-order valence-corrected chi connectivity index (χ0v) is 23.5. The van der Waals surface area contributed by atoms with Crippen LogP contribution in [0.25, 0.3) is 6.08 Å².